The predicted molar refractivity (Wildman–Crippen MR) is 74.6 cm³/mol. The number of likely N-dealkylation sites (N-methyl/N-ethyl adjacent to an activating group) is 1. The Bertz CT molecular complexity index is 229. The minimum absolute atomic E-state index is 0.169. The summed E-state index contributed by atoms with van der Waals surface area (Å²) < 4.78 is 13.2. The molecular formula is C13H29NO2Sn. The summed E-state index contributed by atoms with van der Waals surface area (Å²) in [5.74, 6) is 0. The first-order valence-corrected chi connectivity index (χ1v) is 11.7. The molecule has 0 aromatic carbocycles. The van der Waals surface area contributed by atoms with Crippen molar-refractivity contribution in [1.29, 1.82) is 0 Å². The van der Waals surface area contributed by atoms with Gasteiger partial charge in [-0.1, -0.05) is 0 Å². The first-order chi connectivity index (χ1) is 7.60. The van der Waals surface area contributed by atoms with Gasteiger partial charge in [-0.25, -0.2) is 0 Å². The first-order valence-electron chi connectivity index (χ1n) is 6.57. The quantitative estimate of drug-likeness (QED) is 0.627. The van der Waals surface area contributed by atoms with Crippen LogP contribution in [-0.2, 0) is 6.15 Å². The second kappa shape index (κ2) is 5.35. The van der Waals surface area contributed by atoms with Crippen molar-refractivity contribution in [2.24, 2.45) is 0 Å². The number of rotatable bonds is 0. The molecule has 0 N–H and O–H groups in total. The number of nitrogens with zero attached hydrogens (tertiary/aromatic N) is 1. The molecule has 102 valence electrons. The van der Waals surface area contributed by atoms with Gasteiger partial charge in [-0.05, 0) is 0 Å². The van der Waals surface area contributed by atoms with Gasteiger partial charge < -0.3 is 0 Å². The molecular weight excluding hydrogens is 321 g/mol. The fraction of sp³-hybridized carbons (Fsp3) is 1.00. The molecule has 4 heteroatoms. The Hall–Kier alpha value is 0.679. The third-order valence-corrected chi connectivity index (χ3v) is 18.3. The SMILES string of the molecule is CN1CC[O][Sn]([C](C)(C)C)([C](C)(C)C)[O]CC1. The summed E-state index contributed by atoms with van der Waals surface area (Å²) >= 11 is -3.10. The molecule has 1 rings (SSSR count). The molecule has 1 aliphatic rings. The Morgan fingerprint density at radius 3 is 1.47 bits per heavy atom. The van der Waals surface area contributed by atoms with Crippen molar-refractivity contribution in [2.75, 3.05) is 33.4 Å². The van der Waals surface area contributed by atoms with Crippen molar-refractivity contribution in [2.45, 2.75) is 48.4 Å². The van der Waals surface area contributed by atoms with Crippen LogP contribution in [-0.4, -0.2) is 57.5 Å². The van der Waals surface area contributed by atoms with Crippen molar-refractivity contribution >= 4 is 19.2 Å². The van der Waals surface area contributed by atoms with Crippen LogP contribution in [0, 0.1) is 0 Å². The Morgan fingerprint density at radius 2 is 1.18 bits per heavy atom. The van der Waals surface area contributed by atoms with Gasteiger partial charge in [0.1, 0.15) is 0 Å². The Labute approximate surface area is 112 Å². The molecule has 0 spiro atoms. The van der Waals surface area contributed by atoms with E-state index in [2.05, 4.69) is 53.5 Å². The van der Waals surface area contributed by atoms with Crippen LogP contribution >= 0.6 is 0 Å². The topological polar surface area (TPSA) is 21.7 Å². The van der Waals surface area contributed by atoms with Gasteiger partial charge in [0.2, 0.25) is 0 Å². The minimum atomic E-state index is -3.10. The maximum atomic E-state index is 6.42. The van der Waals surface area contributed by atoms with Crippen molar-refractivity contribution in [1.82, 2.24) is 4.90 Å². The maximum absolute atomic E-state index is 6.42. The summed E-state index contributed by atoms with van der Waals surface area (Å²) in [7, 11) is 2.13. The van der Waals surface area contributed by atoms with E-state index < -0.39 is 19.2 Å². The molecule has 1 fully saturated rings. The normalized spacial score (nSPS) is 24.2. The van der Waals surface area contributed by atoms with Gasteiger partial charge in [0.25, 0.3) is 0 Å². The van der Waals surface area contributed by atoms with Gasteiger partial charge in [-0.2, -0.15) is 0 Å². The Kier molecular flexibility index (Phi) is 4.95. The molecule has 0 aliphatic carbocycles. The molecule has 3 nitrogen and oxygen atoms in total. The van der Waals surface area contributed by atoms with E-state index in [-0.39, 0.29) is 6.86 Å². The third-order valence-electron chi connectivity index (χ3n) is 3.53. The van der Waals surface area contributed by atoms with Crippen LogP contribution in [0.3, 0.4) is 0 Å². The fourth-order valence-corrected chi connectivity index (χ4v) is 16.6. The molecule has 0 unspecified atom stereocenters. The molecule has 0 bridgehead atoms. The average molecular weight is 350 g/mol. The molecule has 0 saturated carbocycles. The molecule has 0 aromatic rings. The van der Waals surface area contributed by atoms with E-state index in [0.29, 0.717) is 0 Å². The van der Waals surface area contributed by atoms with E-state index in [1.807, 2.05) is 0 Å². The van der Waals surface area contributed by atoms with Crippen LogP contribution in [0.25, 0.3) is 0 Å². The zero-order valence-electron chi connectivity index (χ0n) is 12.6. The van der Waals surface area contributed by atoms with Gasteiger partial charge in [0.05, 0.1) is 0 Å². The number of hydrogen-bond acceptors (Lipinski definition) is 3. The second-order valence-electron chi connectivity index (χ2n) is 7.12. The van der Waals surface area contributed by atoms with E-state index in [4.69, 9.17) is 6.15 Å². The van der Waals surface area contributed by atoms with Crippen LogP contribution in [0.15, 0.2) is 0 Å². The average Bonchev–Trinajstić information content (AvgIpc) is 2.06. The van der Waals surface area contributed by atoms with Crippen LogP contribution < -0.4 is 0 Å². The van der Waals surface area contributed by atoms with Gasteiger partial charge >= 0.3 is 112 Å². The van der Waals surface area contributed by atoms with Crippen molar-refractivity contribution < 1.29 is 6.15 Å². The van der Waals surface area contributed by atoms with Gasteiger partial charge in [-0.15, -0.1) is 0 Å². The van der Waals surface area contributed by atoms with E-state index in [0.717, 1.165) is 26.3 Å². The molecule has 1 heterocycles. The van der Waals surface area contributed by atoms with Crippen LogP contribution in [0.2, 0.25) is 6.86 Å². The summed E-state index contributed by atoms with van der Waals surface area (Å²) in [6, 6.07) is 0. The molecule has 17 heavy (non-hydrogen) atoms. The summed E-state index contributed by atoms with van der Waals surface area (Å²) in [5, 5.41) is 0. The van der Waals surface area contributed by atoms with Crippen molar-refractivity contribution in [3.8, 4) is 0 Å². The van der Waals surface area contributed by atoms with E-state index in [9.17, 15) is 0 Å². The van der Waals surface area contributed by atoms with Crippen molar-refractivity contribution in [3.63, 3.8) is 0 Å². The van der Waals surface area contributed by atoms with Gasteiger partial charge in [-0.3, -0.25) is 0 Å². The molecule has 0 amide bonds. The molecule has 0 aromatic heterocycles. The Morgan fingerprint density at radius 1 is 0.824 bits per heavy atom. The van der Waals surface area contributed by atoms with E-state index >= 15 is 0 Å². The monoisotopic (exact) mass is 351 g/mol. The third kappa shape index (κ3) is 3.37. The summed E-state index contributed by atoms with van der Waals surface area (Å²) in [6.07, 6.45) is 0. The molecule has 0 atom stereocenters. The van der Waals surface area contributed by atoms with E-state index in [1.54, 1.807) is 0 Å². The van der Waals surface area contributed by atoms with Gasteiger partial charge in [0, 0.05) is 0 Å². The Balaban J connectivity index is 2.98. The number of hydrogen-bond donors (Lipinski definition) is 0. The first kappa shape index (κ1) is 15.7. The fourth-order valence-electron chi connectivity index (χ4n) is 2.83. The molecule has 1 saturated heterocycles. The zero-order chi connectivity index (χ0) is 13.3. The summed E-state index contributed by atoms with van der Waals surface area (Å²) in [6.45, 7) is 17.4. The summed E-state index contributed by atoms with van der Waals surface area (Å²) in [4.78, 5) is 2.28. The van der Waals surface area contributed by atoms with Crippen LogP contribution in [0.1, 0.15) is 41.5 Å². The predicted octanol–water partition coefficient (Wildman–Crippen LogP) is 3.01. The standard InChI is InChI=1S/C5H11NO2.2C4H9.Sn/c1-6(2-4-7)3-5-8;2*1-4(2)3;/h2-5H2,1H3;2*1-3H3;/q-2;;;+2. The van der Waals surface area contributed by atoms with Gasteiger partial charge in [0.15, 0.2) is 0 Å². The van der Waals surface area contributed by atoms with Crippen LogP contribution in [0.4, 0.5) is 0 Å². The second-order valence-corrected chi connectivity index (χ2v) is 20.8. The molecule has 1 aliphatic heterocycles. The van der Waals surface area contributed by atoms with Crippen molar-refractivity contribution in [3.05, 3.63) is 0 Å². The van der Waals surface area contributed by atoms with Crippen LogP contribution in [0.5, 0.6) is 0 Å². The molecule has 0 radical (unpaired) electrons. The summed E-state index contributed by atoms with van der Waals surface area (Å²) in [5.41, 5.74) is 0. The zero-order valence-corrected chi connectivity index (χ0v) is 15.4. The van der Waals surface area contributed by atoms with E-state index in [1.165, 1.54) is 0 Å².